The number of pyridine rings is 1. The molecule has 1 aromatic rings. The summed E-state index contributed by atoms with van der Waals surface area (Å²) in [5, 5.41) is 0. The first-order chi connectivity index (χ1) is 12.6. The van der Waals surface area contributed by atoms with Crippen molar-refractivity contribution >= 4 is 18.2 Å². The molecule has 8 heteroatoms. The second-order valence-electron chi connectivity index (χ2n) is 6.59. The topological polar surface area (TPSA) is 77.1 Å². The predicted octanol–water partition coefficient (Wildman–Crippen LogP) is -0.226. The zero-order chi connectivity index (χ0) is 18.5. The average molecular weight is 359 g/mol. The fraction of sp³-hybridized carbons (Fsp3) is 0.556. The van der Waals surface area contributed by atoms with Crippen molar-refractivity contribution in [3.63, 3.8) is 0 Å². The third-order valence-electron chi connectivity index (χ3n) is 5.08. The van der Waals surface area contributed by atoms with Crippen LogP contribution >= 0.6 is 0 Å². The lowest BCUT2D eigenvalue weighted by molar-refractivity contribution is -0.119. The molecule has 2 aliphatic heterocycles. The summed E-state index contributed by atoms with van der Waals surface area (Å²) in [4.78, 5) is 47.8. The number of nitrogens with zero attached hydrogens (tertiary/aromatic N) is 5. The second kappa shape index (κ2) is 8.27. The molecule has 0 bridgehead atoms. The molecule has 0 unspecified atom stereocenters. The maximum atomic E-state index is 12.7. The highest BCUT2D eigenvalue weighted by Crippen LogP contribution is 2.12. The van der Waals surface area contributed by atoms with E-state index in [-0.39, 0.29) is 11.8 Å². The van der Waals surface area contributed by atoms with E-state index in [9.17, 15) is 14.4 Å². The van der Waals surface area contributed by atoms with Crippen LogP contribution in [0.4, 0.5) is 0 Å². The van der Waals surface area contributed by atoms with E-state index in [0.29, 0.717) is 50.5 Å². The van der Waals surface area contributed by atoms with Gasteiger partial charge in [-0.25, -0.2) is 0 Å². The van der Waals surface area contributed by atoms with Crippen molar-refractivity contribution in [3.05, 3.63) is 29.6 Å². The summed E-state index contributed by atoms with van der Waals surface area (Å²) in [5.74, 6) is -0.246. The molecule has 0 aromatic carbocycles. The third-order valence-corrected chi connectivity index (χ3v) is 5.08. The summed E-state index contributed by atoms with van der Waals surface area (Å²) in [6.07, 6.45) is 2.33. The van der Waals surface area contributed by atoms with Crippen molar-refractivity contribution in [1.29, 1.82) is 0 Å². The minimum Gasteiger partial charge on any atom is -0.342 e. The largest absolute Gasteiger partial charge is 0.342 e. The normalized spacial score (nSPS) is 18.7. The number of rotatable bonds is 4. The summed E-state index contributed by atoms with van der Waals surface area (Å²) in [6, 6.07) is 3.23. The van der Waals surface area contributed by atoms with Crippen molar-refractivity contribution in [2.45, 2.75) is 6.92 Å². The molecule has 3 heterocycles. The van der Waals surface area contributed by atoms with Crippen molar-refractivity contribution in [2.75, 3.05) is 58.9 Å². The summed E-state index contributed by atoms with van der Waals surface area (Å²) < 4.78 is 0. The molecule has 26 heavy (non-hydrogen) atoms. The molecule has 2 saturated heterocycles. The molecule has 0 aliphatic carbocycles. The fourth-order valence-electron chi connectivity index (χ4n) is 3.32. The Morgan fingerprint density at radius 3 is 2.23 bits per heavy atom. The van der Waals surface area contributed by atoms with Crippen LogP contribution in [0.2, 0.25) is 0 Å². The first kappa shape index (κ1) is 18.3. The number of hydrogen-bond acceptors (Lipinski definition) is 5. The number of aromatic nitrogens is 1. The number of likely N-dealkylation sites (N-methyl/N-ethyl adjacent to an activating group) is 1. The Hall–Kier alpha value is -2.48. The van der Waals surface area contributed by atoms with Crippen molar-refractivity contribution in [1.82, 2.24) is 24.6 Å². The van der Waals surface area contributed by atoms with E-state index in [0.717, 1.165) is 26.0 Å². The molecule has 3 amide bonds. The second-order valence-corrected chi connectivity index (χ2v) is 6.59. The van der Waals surface area contributed by atoms with Crippen LogP contribution < -0.4 is 0 Å². The van der Waals surface area contributed by atoms with E-state index in [1.165, 1.54) is 6.20 Å². The first-order valence-electron chi connectivity index (χ1n) is 9.08. The zero-order valence-corrected chi connectivity index (χ0v) is 15.1. The number of hydrogen-bond donors (Lipinski definition) is 0. The quantitative estimate of drug-likeness (QED) is 0.695. The molecule has 2 aliphatic rings. The maximum absolute atomic E-state index is 12.7. The lowest BCUT2D eigenvalue weighted by Crippen LogP contribution is -2.49. The van der Waals surface area contributed by atoms with Gasteiger partial charge in [0.25, 0.3) is 11.8 Å². The SMILES string of the molecule is CCN1CCN(C(=O)c2cc(C(=O)N3CCN(C=O)CC3)ccn2)CC1. The van der Waals surface area contributed by atoms with Gasteiger partial charge >= 0.3 is 0 Å². The van der Waals surface area contributed by atoms with Gasteiger partial charge < -0.3 is 19.6 Å². The van der Waals surface area contributed by atoms with Gasteiger partial charge in [-0.15, -0.1) is 0 Å². The lowest BCUT2D eigenvalue weighted by Gasteiger charge is -2.34. The number of amides is 3. The molecule has 140 valence electrons. The van der Waals surface area contributed by atoms with Gasteiger partial charge in [-0.05, 0) is 18.7 Å². The summed E-state index contributed by atoms with van der Waals surface area (Å²) in [6.45, 7) is 8.26. The Kier molecular flexibility index (Phi) is 5.82. The Balaban J connectivity index is 1.65. The molecular formula is C18H25N5O3. The highest BCUT2D eigenvalue weighted by Gasteiger charge is 2.25. The van der Waals surface area contributed by atoms with Crippen molar-refractivity contribution in [2.24, 2.45) is 0 Å². The number of carbonyl (C=O) groups is 3. The fourth-order valence-corrected chi connectivity index (χ4v) is 3.32. The molecule has 3 rings (SSSR count). The van der Waals surface area contributed by atoms with Crippen LogP contribution in [0.1, 0.15) is 27.8 Å². The predicted molar refractivity (Wildman–Crippen MR) is 95.8 cm³/mol. The maximum Gasteiger partial charge on any atom is 0.272 e. The van der Waals surface area contributed by atoms with Gasteiger partial charge in [-0.1, -0.05) is 6.92 Å². The minimum atomic E-state index is -0.124. The van der Waals surface area contributed by atoms with E-state index in [1.807, 2.05) is 0 Å². The van der Waals surface area contributed by atoms with Crippen LogP contribution in [0.25, 0.3) is 0 Å². The van der Waals surface area contributed by atoms with E-state index < -0.39 is 0 Å². The molecule has 0 spiro atoms. The third kappa shape index (κ3) is 4.01. The highest BCUT2D eigenvalue weighted by atomic mass is 16.2. The van der Waals surface area contributed by atoms with E-state index in [1.54, 1.807) is 26.8 Å². The smallest absolute Gasteiger partial charge is 0.272 e. The van der Waals surface area contributed by atoms with Crippen molar-refractivity contribution < 1.29 is 14.4 Å². The molecule has 8 nitrogen and oxygen atoms in total. The van der Waals surface area contributed by atoms with Gasteiger partial charge in [0.05, 0.1) is 0 Å². The van der Waals surface area contributed by atoms with Gasteiger partial charge in [-0.3, -0.25) is 19.4 Å². The monoisotopic (exact) mass is 359 g/mol. The Morgan fingerprint density at radius 1 is 1.00 bits per heavy atom. The summed E-state index contributed by atoms with van der Waals surface area (Å²) in [7, 11) is 0. The average Bonchev–Trinajstić information content (AvgIpc) is 2.73. The van der Waals surface area contributed by atoms with Crippen LogP contribution in [-0.4, -0.2) is 102 Å². The Morgan fingerprint density at radius 2 is 1.62 bits per heavy atom. The molecule has 0 saturated carbocycles. The summed E-state index contributed by atoms with van der Waals surface area (Å²) >= 11 is 0. The molecule has 2 fully saturated rings. The first-order valence-corrected chi connectivity index (χ1v) is 9.08. The van der Waals surface area contributed by atoms with Crippen molar-refractivity contribution in [3.8, 4) is 0 Å². The van der Waals surface area contributed by atoms with Gasteiger partial charge in [0.15, 0.2) is 0 Å². The lowest BCUT2D eigenvalue weighted by atomic mass is 10.1. The van der Waals surface area contributed by atoms with Gasteiger partial charge in [0.2, 0.25) is 6.41 Å². The van der Waals surface area contributed by atoms with Gasteiger partial charge in [0, 0.05) is 64.1 Å². The van der Waals surface area contributed by atoms with Gasteiger partial charge in [0.1, 0.15) is 5.69 Å². The number of carbonyl (C=O) groups excluding carboxylic acids is 3. The minimum absolute atomic E-state index is 0.122. The highest BCUT2D eigenvalue weighted by molar-refractivity contribution is 5.98. The van der Waals surface area contributed by atoms with Crippen LogP contribution in [0.3, 0.4) is 0 Å². The molecule has 0 atom stereocenters. The number of piperazine rings is 2. The molecule has 0 N–H and O–H groups in total. The summed E-state index contributed by atoms with van der Waals surface area (Å²) in [5.41, 5.74) is 0.780. The van der Waals surface area contributed by atoms with Crippen LogP contribution in [0.15, 0.2) is 18.3 Å². The van der Waals surface area contributed by atoms with Gasteiger partial charge in [-0.2, -0.15) is 0 Å². The molecular weight excluding hydrogens is 334 g/mol. The van der Waals surface area contributed by atoms with Crippen LogP contribution in [0, 0.1) is 0 Å². The Bertz CT molecular complexity index is 665. The van der Waals surface area contributed by atoms with E-state index >= 15 is 0 Å². The molecule has 1 aromatic heterocycles. The standard InChI is InChI=1S/C18H25N5O3/c1-2-20-5-9-23(10-6-20)18(26)16-13-15(3-4-19-16)17(25)22-11-7-21(14-24)8-12-22/h3-4,13-14H,2,5-12H2,1H3. The van der Waals surface area contributed by atoms with E-state index in [2.05, 4.69) is 16.8 Å². The zero-order valence-electron chi connectivity index (χ0n) is 15.1. The van der Waals surface area contributed by atoms with Crippen LogP contribution in [0.5, 0.6) is 0 Å². The van der Waals surface area contributed by atoms with E-state index in [4.69, 9.17) is 0 Å². The Labute approximate surface area is 153 Å². The molecule has 0 radical (unpaired) electrons. The van der Waals surface area contributed by atoms with Crippen LogP contribution in [-0.2, 0) is 4.79 Å².